The fourth-order valence-electron chi connectivity index (χ4n) is 1.71. The summed E-state index contributed by atoms with van der Waals surface area (Å²) in [5.41, 5.74) is 0. The number of furan rings is 1. The molecule has 0 radical (unpaired) electrons. The summed E-state index contributed by atoms with van der Waals surface area (Å²) < 4.78 is 5.27. The summed E-state index contributed by atoms with van der Waals surface area (Å²) in [7, 11) is 0. The first-order valence-electron chi connectivity index (χ1n) is 5.74. The predicted octanol–water partition coefficient (Wildman–Crippen LogP) is 1.43. The molecule has 2 N–H and O–H groups in total. The lowest BCUT2D eigenvalue weighted by Crippen LogP contribution is -2.42. The van der Waals surface area contributed by atoms with Gasteiger partial charge in [-0.3, -0.25) is 4.79 Å². The minimum absolute atomic E-state index is 0.0667. The number of hydrogen-bond donors (Lipinski definition) is 2. The molecule has 1 heterocycles. The Bertz CT molecular complexity index is 433. The van der Waals surface area contributed by atoms with Crippen molar-refractivity contribution in [2.24, 2.45) is 5.92 Å². The second-order valence-electron chi connectivity index (χ2n) is 4.25. The first kappa shape index (κ1) is 11.7. The van der Waals surface area contributed by atoms with Crippen molar-refractivity contribution in [1.29, 1.82) is 0 Å². The number of amides is 1. The van der Waals surface area contributed by atoms with E-state index in [2.05, 4.69) is 5.32 Å². The van der Waals surface area contributed by atoms with Gasteiger partial charge < -0.3 is 14.8 Å². The van der Waals surface area contributed by atoms with Crippen molar-refractivity contribution in [3.63, 3.8) is 0 Å². The third-order valence-corrected chi connectivity index (χ3v) is 2.88. The van der Waals surface area contributed by atoms with Crippen LogP contribution < -0.4 is 5.32 Å². The molecule has 1 fully saturated rings. The Morgan fingerprint density at radius 3 is 2.71 bits per heavy atom. The van der Waals surface area contributed by atoms with Gasteiger partial charge in [0.2, 0.25) is 0 Å². The minimum atomic E-state index is -0.983. The second-order valence-corrected chi connectivity index (χ2v) is 4.25. The molecule has 5 heteroatoms. The van der Waals surface area contributed by atoms with Gasteiger partial charge in [-0.15, -0.1) is 0 Å². The van der Waals surface area contributed by atoms with Gasteiger partial charge in [-0.25, -0.2) is 4.79 Å². The number of carboxylic acids is 1. The number of aryl methyl sites for hydroxylation is 1. The molecule has 1 aromatic heterocycles. The molecule has 0 saturated heterocycles. The number of carbonyl (C=O) groups is 2. The highest BCUT2D eigenvalue weighted by molar-refractivity contribution is 5.94. The number of carbonyl (C=O) groups excluding carboxylic acids is 1. The zero-order valence-corrected chi connectivity index (χ0v) is 9.60. The molecule has 1 amide bonds. The van der Waals surface area contributed by atoms with Crippen molar-refractivity contribution in [1.82, 2.24) is 5.32 Å². The van der Waals surface area contributed by atoms with Crippen LogP contribution in [0.5, 0.6) is 0 Å². The van der Waals surface area contributed by atoms with E-state index in [4.69, 9.17) is 9.52 Å². The van der Waals surface area contributed by atoms with E-state index >= 15 is 0 Å². The standard InChI is InChI=1S/C12H15NO4/c1-2-8-5-6-9(17-8)11(14)13-10(12(15)16)7-3-4-7/h5-7,10H,2-4H2,1H3,(H,13,14)(H,15,16). The van der Waals surface area contributed by atoms with Gasteiger partial charge in [0.05, 0.1) is 0 Å². The van der Waals surface area contributed by atoms with Gasteiger partial charge >= 0.3 is 5.97 Å². The van der Waals surface area contributed by atoms with E-state index in [1.807, 2.05) is 6.92 Å². The first-order chi connectivity index (χ1) is 8.11. The van der Waals surface area contributed by atoms with E-state index in [-0.39, 0.29) is 11.7 Å². The Morgan fingerprint density at radius 1 is 1.53 bits per heavy atom. The van der Waals surface area contributed by atoms with Gasteiger partial charge in [0.1, 0.15) is 11.8 Å². The maximum absolute atomic E-state index is 11.8. The van der Waals surface area contributed by atoms with E-state index in [9.17, 15) is 9.59 Å². The highest BCUT2D eigenvalue weighted by atomic mass is 16.4. The number of hydrogen-bond acceptors (Lipinski definition) is 3. The van der Waals surface area contributed by atoms with Crippen LogP contribution in [0.3, 0.4) is 0 Å². The van der Waals surface area contributed by atoms with E-state index < -0.39 is 17.9 Å². The smallest absolute Gasteiger partial charge is 0.326 e. The summed E-state index contributed by atoms with van der Waals surface area (Å²) in [6, 6.07) is 2.50. The van der Waals surface area contributed by atoms with Crippen LogP contribution >= 0.6 is 0 Å². The topological polar surface area (TPSA) is 79.5 Å². The SMILES string of the molecule is CCc1ccc(C(=O)NC(C(=O)O)C2CC2)o1. The van der Waals surface area contributed by atoms with Gasteiger partial charge in [-0.2, -0.15) is 0 Å². The summed E-state index contributed by atoms with van der Waals surface area (Å²) in [5.74, 6) is -0.480. The molecule has 5 nitrogen and oxygen atoms in total. The minimum Gasteiger partial charge on any atom is -0.480 e. The zero-order valence-electron chi connectivity index (χ0n) is 9.60. The van der Waals surface area contributed by atoms with Crippen LogP contribution in [0.4, 0.5) is 0 Å². The van der Waals surface area contributed by atoms with Crippen molar-refractivity contribution >= 4 is 11.9 Å². The highest BCUT2D eigenvalue weighted by Crippen LogP contribution is 2.32. The van der Waals surface area contributed by atoms with Crippen LogP contribution in [0.25, 0.3) is 0 Å². The fourth-order valence-corrected chi connectivity index (χ4v) is 1.71. The average molecular weight is 237 g/mol. The number of carboxylic acid groups (broad SMARTS) is 1. The summed E-state index contributed by atoms with van der Waals surface area (Å²) in [4.78, 5) is 22.7. The highest BCUT2D eigenvalue weighted by Gasteiger charge is 2.37. The third kappa shape index (κ3) is 2.67. The third-order valence-electron chi connectivity index (χ3n) is 2.88. The van der Waals surface area contributed by atoms with Crippen LogP contribution in [0.2, 0.25) is 0 Å². The lowest BCUT2D eigenvalue weighted by atomic mass is 10.2. The number of nitrogens with one attached hydrogen (secondary N) is 1. The summed E-state index contributed by atoms with van der Waals surface area (Å²) in [6.07, 6.45) is 2.42. The molecule has 0 aliphatic heterocycles. The predicted molar refractivity (Wildman–Crippen MR) is 59.7 cm³/mol. The quantitative estimate of drug-likeness (QED) is 0.812. The molecule has 0 aromatic carbocycles. The van der Waals surface area contributed by atoms with Crippen LogP contribution in [-0.2, 0) is 11.2 Å². The normalized spacial score (nSPS) is 16.5. The Hall–Kier alpha value is -1.78. The largest absolute Gasteiger partial charge is 0.480 e. The summed E-state index contributed by atoms with van der Waals surface area (Å²) >= 11 is 0. The van der Waals surface area contributed by atoms with Gasteiger partial charge in [0.25, 0.3) is 5.91 Å². The molecule has 1 saturated carbocycles. The molecular formula is C12H15NO4. The molecule has 1 aliphatic carbocycles. The second kappa shape index (κ2) is 4.61. The van der Waals surface area contributed by atoms with Crippen molar-refractivity contribution in [3.8, 4) is 0 Å². The molecule has 0 bridgehead atoms. The van der Waals surface area contributed by atoms with Crippen molar-refractivity contribution in [2.45, 2.75) is 32.2 Å². The van der Waals surface area contributed by atoms with E-state index in [1.165, 1.54) is 0 Å². The molecule has 1 aliphatic rings. The lowest BCUT2D eigenvalue weighted by Gasteiger charge is -2.11. The van der Waals surface area contributed by atoms with Crippen molar-refractivity contribution in [2.75, 3.05) is 0 Å². The van der Waals surface area contributed by atoms with E-state index in [0.717, 1.165) is 12.8 Å². The van der Waals surface area contributed by atoms with Crippen LogP contribution in [0.15, 0.2) is 16.5 Å². The van der Waals surface area contributed by atoms with Gasteiger partial charge in [0.15, 0.2) is 5.76 Å². The molecule has 1 atom stereocenters. The van der Waals surface area contributed by atoms with Crippen molar-refractivity contribution in [3.05, 3.63) is 23.7 Å². The molecule has 2 rings (SSSR count). The monoisotopic (exact) mass is 237 g/mol. The molecule has 92 valence electrons. The molecular weight excluding hydrogens is 222 g/mol. The molecule has 1 aromatic rings. The van der Waals surface area contributed by atoms with Gasteiger partial charge in [0, 0.05) is 6.42 Å². The maximum atomic E-state index is 11.8. The molecule has 1 unspecified atom stereocenters. The van der Waals surface area contributed by atoms with Crippen LogP contribution in [0, 0.1) is 5.92 Å². The summed E-state index contributed by atoms with van der Waals surface area (Å²) in [6.45, 7) is 1.92. The van der Waals surface area contributed by atoms with Gasteiger partial charge in [-0.1, -0.05) is 6.92 Å². The van der Waals surface area contributed by atoms with E-state index in [0.29, 0.717) is 12.2 Å². The first-order valence-corrected chi connectivity index (χ1v) is 5.74. The molecule has 0 spiro atoms. The Morgan fingerprint density at radius 2 is 2.24 bits per heavy atom. The van der Waals surface area contributed by atoms with E-state index in [1.54, 1.807) is 12.1 Å². The molecule has 17 heavy (non-hydrogen) atoms. The lowest BCUT2D eigenvalue weighted by molar-refractivity contribution is -0.139. The van der Waals surface area contributed by atoms with Gasteiger partial charge in [-0.05, 0) is 30.9 Å². The van der Waals surface area contributed by atoms with Crippen molar-refractivity contribution < 1.29 is 19.1 Å². The fraction of sp³-hybridized carbons (Fsp3) is 0.500. The van der Waals surface area contributed by atoms with Crippen LogP contribution in [0.1, 0.15) is 36.1 Å². The van der Waals surface area contributed by atoms with Crippen LogP contribution in [-0.4, -0.2) is 23.0 Å². The maximum Gasteiger partial charge on any atom is 0.326 e. The Labute approximate surface area is 98.8 Å². The summed E-state index contributed by atoms with van der Waals surface area (Å²) in [5, 5.41) is 11.5. The zero-order chi connectivity index (χ0) is 12.4. The average Bonchev–Trinajstić information content (AvgIpc) is 3.01. The Kier molecular flexibility index (Phi) is 3.17. The number of aliphatic carboxylic acids is 1. The Balaban J connectivity index is 2.02. The number of rotatable bonds is 5.